The van der Waals surface area contributed by atoms with E-state index in [-0.39, 0.29) is 23.1 Å². The minimum absolute atomic E-state index is 0.0416. The SMILES string of the molecule is C=CCNc1c(O)cc2c(O)c1C[C@@H](C)C[C@@H](OC)[C@@H](O)[C@@H](C)/C=C(/C)[C@@H](OC(N)=O)[C@H](OC)/C=C\C=C(\C)C(=O)N2. The lowest BCUT2D eigenvalue weighted by molar-refractivity contribution is -0.112. The first kappa shape index (κ1) is 34.4. The zero-order valence-corrected chi connectivity index (χ0v) is 25.2. The van der Waals surface area contributed by atoms with Gasteiger partial charge >= 0.3 is 6.09 Å². The molecule has 0 saturated heterocycles. The molecule has 7 N–H and O–H groups in total. The van der Waals surface area contributed by atoms with Gasteiger partial charge in [0, 0.05) is 43.9 Å². The van der Waals surface area contributed by atoms with Crippen LogP contribution in [0.3, 0.4) is 0 Å². The normalized spacial score (nSPS) is 29.3. The Labute approximate surface area is 247 Å². The number of carbonyl (C=O) groups is 2. The number of methoxy groups -OCH3 is 2. The lowest BCUT2D eigenvalue weighted by Crippen LogP contribution is -2.37. The fraction of sp³-hybridized carbons (Fsp3) is 0.484. The largest absolute Gasteiger partial charge is 0.506 e. The number of anilines is 2. The lowest BCUT2D eigenvalue weighted by atomic mass is 9.87. The molecule has 0 aliphatic carbocycles. The Morgan fingerprint density at radius 2 is 1.93 bits per heavy atom. The number of allylic oxidation sites excluding steroid dienone is 2. The van der Waals surface area contributed by atoms with Crippen LogP contribution in [0.4, 0.5) is 16.2 Å². The Kier molecular flexibility index (Phi) is 13.1. The van der Waals surface area contributed by atoms with Crippen LogP contribution in [0.25, 0.3) is 0 Å². The maximum atomic E-state index is 13.0. The van der Waals surface area contributed by atoms with Gasteiger partial charge in [-0.05, 0) is 38.2 Å². The number of phenols is 2. The first-order chi connectivity index (χ1) is 19.8. The lowest BCUT2D eigenvalue weighted by Gasteiger charge is -2.29. The van der Waals surface area contributed by atoms with Crippen molar-refractivity contribution in [3.63, 3.8) is 0 Å². The van der Waals surface area contributed by atoms with Gasteiger partial charge in [0.1, 0.15) is 17.6 Å². The molecule has 1 aromatic rings. The van der Waals surface area contributed by atoms with Crippen LogP contribution in [-0.4, -0.2) is 72.5 Å². The molecule has 42 heavy (non-hydrogen) atoms. The van der Waals surface area contributed by atoms with E-state index in [0.29, 0.717) is 41.8 Å². The average molecular weight is 588 g/mol. The molecule has 1 aliphatic rings. The van der Waals surface area contributed by atoms with Gasteiger partial charge in [-0.2, -0.15) is 0 Å². The second kappa shape index (κ2) is 16.0. The van der Waals surface area contributed by atoms with E-state index in [1.807, 2.05) is 13.8 Å². The number of benzene rings is 1. The number of amides is 2. The summed E-state index contributed by atoms with van der Waals surface area (Å²) in [6, 6.07) is 1.28. The molecule has 1 heterocycles. The van der Waals surface area contributed by atoms with Crippen molar-refractivity contribution < 1.29 is 39.1 Å². The number of ether oxygens (including phenoxy) is 3. The summed E-state index contributed by atoms with van der Waals surface area (Å²) >= 11 is 0. The van der Waals surface area contributed by atoms with Crippen molar-refractivity contribution in [2.45, 2.75) is 65.0 Å². The molecule has 11 heteroatoms. The maximum Gasteiger partial charge on any atom is 0.405 e. The zero-order valence-electron chi connectivity index (χ0n) is 25.2. The molecule has 2 rings (SSSR count). The highest BCUT2D eigenvalue weighted by atomic mass is 16.6. The molecule has 0 unspecified atom stereocenters. The predicted octanol–water partition coefficient (Wildman–Crippen LogP) is 4.16. The van der Waals surface area contributed by atoms with Crippen LogP contribution in [0.2, 0.25) is 0 Å². The van der Waals surface area contributed by atoms with Crippen LogP contribution in [0.15, 0.2) is 54.2 Å². The quantitative estimate of drug-likeness (QED) is 0.162. The summed E-state index contributed by atoms with van der Waals surface area (Å²) in [5, 5.41) is 39.1. The van der Waals surface area contributed by atoms with Crippen molar-refractivity contribution in [3.8, 4) is 11.5 Å². The van der Waals surface area contributed by atoms with Gasteiger partial charge in [0.25, 0.3) is 5.91 Å². The average Bonchev–Trinajstić information content (AvgIpc) is 2.94. The predicted molar refractivity (Wildman–Crippen MR) is 162 cm³/mol. The molecule has 11 nitrogen and oxygen atoms in total. The second-order valence-electron chi connectivity index (χ2n) is 10.6. The molecule has 0 fully saturated rings. The van der Waals surface area contributed by atoms with Gasteiger partial charge in [0.2, 0.25) is 0 Å². The smallest absolute Gasteiger partial charge is 0.405 e. The number of hydrogen-bond donors (Lipinski definition) is 6. The molecular formula is C31H45N3O8. The van der Waals surface area contributed by atoms with Gasteiger partial charge < -0.3 is 45.9 Å². The Morgan fingerprint density at radius 1 is 1.24 bits per heavy atom. The number of phenolic OH excluding ortho intramolecular Hbond substituents is 2. The molecule has 1 aliphatic heterocycles. The molecule has 0 spiro atoms. The van der Waals surface area contributed by atoms with Gasteiger partial charge in [-0.3, -0.25) is 4.79 Å². The number of aliphatic hydroxyl groups excluding tert-OH is 1. The van der Waals surface area contributed by atoms with E-state index in [0.717, 1.165) is 0 Å². The van der Waals surface area contributed by atoms with Crippen LogP contribution >= 0.6 is 0 Å². The standard InChI is InChI=1S/C31H45N3O8/c1-8-12-33-26-21-13-17(2)14-25(41-7)27(36)19(4)15-20(5)29(42-31(32)39)24(40-6)11-9-10-18(3)30(38)34-22(28(21)37)16-23(26)35/h8-11,15-17,19,24-25,27,29,33,35-37H,1,12-14H2,2-7H3,(H2,32,39)(H,34,38)/b11-9-,18-10-,20-15-/t17-,19+,24-,25-,27+,29-/m1/s1. The molecule has 0 radical (unpaired) electrons. The van der Waals surface area contributed by atoms with E-state index >= 15 is 0 Å². The number of primary amides is 1. The van der Waals surface area contributed by atoms with Crippen molar-refractivity contribution in [2.75, 3.05) is 31.4 Å². The maximum absolute atomic E-state index is 13.0. The molecule has 2 amide bonds. The molecule has 0 saturated carbocycles. The highest BCUT2D eigenvalue weighted by Crippen LogP contribution is 2.42. The van der Waals surface area contributed by atoms with Gasteiger partial charge in [0.15, 0.2) is 6.10 Å². The molecule has 0 aromatic heterocycles. The minimum Gasteiger partial charge on any atom is -0.506 e. The fourth-order valence-corrected chi connectivity index (χ4v) is 4.98. The van der Waals surface area contributed by atoms with Crippen LogP contribution < -0.4 is 16.4 Å². The number of nitrogens with two attached hydrogens (primary N) is 1. The summed E-state index contributed by atoms with van der Waals surface area (Å²) in [7, 11) is 2.95. The fourth-order valence-electron chi connectivity index (χ4n) is 4.98. The Balaban J connectivity index is 2.67. The number of fused-ring (bicyclic) bond motifs is 2. The number of nitrogens with one attached hydrogen (secondary N) is 2. The molecule has 1 aromatic carbocycles. The van der Waals surface area contributed by atoms with E-state index in [4.69, 9.17) is 19.9 Å². The molecule has 232 valence electrons. The summed E-state index contributed by atoms with van der Waals surface area (Å²) < 4.78 is 16.6. The van der Waals surface area contributed by atoms with Crippen LogP contribution in [0.5, 0.6) is 11.5 Å². The second-order valence-corrected chi connectivity index (χ2v) is 10.6. The first-order valence-corrected chi connectivity index (χ1v) is 13.8. The van der Waals surface area contributed by atoms with E-state index < -0.39 is 42.3 Å². The van der Waals surface area contributed by atoms with Crippen molar-refractivity contribution in [1.82, 2.24) is 0 Å². The summed E-state index contributed by atoms with van der Waals surface area (Å²) in [4.78, 5) is 24.7. The first-order valence-electron chi connectivity index (χ1n) is 13.8. The summed E-state index contributed by atoms with van der Waals surface area (Å²) in [5.41, 5.74) is 7.01. The van der Waals surface area contributed by atoms with E-state index in [9.17, 15) is 24.9 Å². The molecule has 6 atom stereocenters. The van der Waals surface area contributed by atoms with Gasteiger partial charge in [-0.1, -0.05) is 44.2 Å². The van der Waals surface area contributed by atoms with Crippen molar-refractivity contribution in [2.24, 2.45) is 17.6 Å². The third kappa shape index (κ3) is 9.10. The highest BCUT2D eigenvalue weighted by molar-refractivity contribution is 6.04. The van der Waals surface area contributed by atoms with Crippen LogP contribution in [-0.2, 0) is 25.4 Å². The Bertz CT molecular complexity index is 1210. The number of hydrogen-bond acceptors (Lipinski definition) is 9. The summed E-state index contributed by atoms with van der Waals surface area (Å²) in [5.74, 6) is -1.41. The summed E-state index contributed by atoms with van der Waals surface area (Å²) in [6.45, 7) is 11.1. The van der Waals surface area contributed by atoms with E-state index in [2.05, 4.69) is 17.2 Å². The highest BCUT2D eigenvalue weighted by Gasteiger charge is 2.30. The van der Waals surface area contributed by atoms with Crippen molar-refractivity contribution >= 4 is 23.4 Å². The molecule has 2 bridgehead atoms. The minimum atomic E-state index is -0.990. The van der Waals surface area contributed by atoms with Crippen molar-refractivity contribution in [3.05, 3.63) is 59.7 Å². The number of rotatable bonds is 6. The number of carbonyl (C=O) groups excluding carboxylic acids is 2. The van der Waals surface area contributed by atoms with E-state index in [1.165, 1.54) is 26.4 Å². The summed E-state index contributed by atoms with van der Waals surface area (Å²) in [6.07, 6.45) is 4.64. The van der Waals surface area contributed by atoms with Crippen LogP contribution in [0, 0.1) is 11.8 Å². The van der Waals surface area contributed by atoms with Gasteiger partial charge in [0.05, 0.1) is 23.6 Å². The van der Waals surface area contributed by atoms with Crippen LogP contribution in [0.1, 0.15) is 39.7 Å². The number of aliphatic hydroxyl groups is 1. The topological polar surface area (TPSA) is 173 Å². The number of aromatic hydroxyl groups is 2. The molecular weight excluding hydrogens is 542 g/mol. The monoisotopic (exact) mass is 587 g/mol. The van der Waals surface area contributed by atoms with E-state index in [1.54, 1.807) is 38.2 Å². The van der Waals surface area contributed by atoms with Gasteiger partial charge in [-0.15, -0.1) is 6.58 Å². The van der Waals surface area contributed by atoms with Crippen molar-refractivity contribution in [1.29, 1.82) is 0 Å². The third-order valence-electron chi connectivity index (χ3n) is 7.25. The third-order valence-corrected chi connectivity index (χ3v) is 7.25. The zero-order chi connectivity index (χ0) is 31.6. The Hall–Kier alpha value is -3.80. The Morgan fingerprint density at radius 3 is 2.52 bits per heavy atom. The van der Waals surface area contributed by atoms with Gasteiger partial charge in [-0.25, -0.2) is 4.79 Å².